The highest BCUT2D eigenvalue weighted by atomic mass is 19.1. The fraction of sp³-hybridized carbons (Fsp3) is 0.300. The minimum atomic E-state index is -0.629. The Bertz CT molecular complexity index is 308. The van der Waals surface area contributed by atoms with Crippen molar-refractivity contribution in [1.29, 1.82) is 0 Å². The van der Waals surface area contributed by atoms with Crippen LogP contribution in [0.25, 0.3) is 0 Å². The van der Waals surface area contributed by atoms with E-state index >= 15 is 0 Å². The molecule has 4 heteroatoms. The molecular weight excluding hydrogens is 185 g/mol. The van der Waals surface area contributed by atoms with Crippen molar-refractivity contribution in [2.75, 3.05) is 0 Å². The van der Waals surface area contributed by atoms with Crippen molar-refractivity contribution >= 4 is 5.97 Å². The highest BCUT2D eigenvalue weighted by Crippen LogP contribution is 2.04. The number of carbonyl (C=O) groups is 1. The second-order valence-electron chi connectivity index (χ2n) is 3.02. The maximum atomic E-state index is 12.5. The van der Waals surface area contributed by atoms with Crippen LogP contribution in [0, 0.1) is 5.82 Å². The van der Waals surface area contributed by atoms with Crippen molar-refractivity contribution in [3.8, 4) is 0 Å². The van der Waals surface area contributed by atoms with Gasteiger partial charge < -0.3 is 10.5 Å². The molecule has 14 heavy (non-hydrogen) atoms. The van der Waals surface area contributed by atoms with Crippen molar-refractivity contribution in [1.82, 2.24) is 0 Å². The van der Waals surface area contributed by atoms with Crippen LogP contribution in [-0.4, -0.2) is 12.0 Å². The summed E-state index contributed by atoms with van der Waals surface area (Å²) in [6.07, 6.45) is 0. The Hall–Kier alpha value is -1.42. The van der Waals surface area contributed by atoms with Crippen molar-refractivity contribution in [2.24, 2.45) is 5.73 Å². The molecule has 0 aliphatic rings. The molecule has 0 aromatic heterocycles. The van der Waals surface area contributed by atoms with Crippen molar-refractivity contribution < 1.29 is 13.9 Å². The summed E-state index contributed by atoms with van der Waals surface area (Å²) in [5.74, 6) is -0.776. The Morgan fingerprint density at radius 1 is 1.50 bits per heavy atom. The van der Waals surface area contributed by atoms with Gasteiger partial charge in [0.2, 0.25) is 0 Å². The van der Waals surface area contributed by atoms with Crippen LogP contribution in [0.15, 0.2) is 24.3 Å². The molecule has 1 aromatic carbocycles. The first-order valence-corrected chi connectivity index (χ1v) is 4.26. The van der Waals surface area contributed by atoms with Crippen molar-refractivity contribution in [3.05, 3.63) is 35.6 Å². The molecule has 0 saturated carbocycles. The molecule has 0 aliphatic heterocycles. The van der Waals surface area contributed by atoms with Crippen LogP contribution in [-0.2, 0) is 16.1 Å². The lowest BCUT2D eigenvalue weighted by Gasteiger charge is -2.06. The molecule has 2 N–H and O–H groups in total. The van der Waals surface area contributed by atoms with E-state index in [1.165, 1.54) is 12.1 Å². The number of halogens is 1. The van der Waals surface area contributed by atoms with E-state index in [1.54, 1.807) is 19.1 Å². The predicted octanol–water partition coefficient (Wildman–Crippen LogP) is 1.22. The quantitative estimate of drug-likeness (QED) is 0.741. The molecule has 1 aromatic rings. The summed E-state index contributed by atoms with van der Waals surface area (Å²) in [5.41, 5.74) is 6.03. The Kier molecular flexibility index (Phi) is 3.59. The topological polar surface area (TPSA) is 52.3 Å². The summed E-state index contributed by atoms with van der Waals surface area (Å²) in [7, 11) is 0. The number of hydrogen-bond acceptors (Lipinski definition) is 3. The molecule has 0 heterocycles. The van der Waals surface area contributed by atoms with E-state index in [4.69, 9.17) is 10.5 Å². The number of benzene rings is 1. The summed E-state index contributed by atoms with van der Waals surface area (Å²) in [5, 5.41) is 0. The summed E-state index contributed by atoms with van der Waals surface area (Å²) < 4.78 is 17.3. The second-order valence-corrected chi connectivity index (χ2v) is 3.02. The molecule has 0 unspecified atom stereocenters. The first kappa shape index (κ1) is 10.7. The van der Waals surface area contributed by atoms with Gasteiger partial charge >= 0.3 is 5.97 Å². The number of nitrogens with two attached hydrogens (primary N) is 1. The van der Waals surface area contributed by atoms with Gasteiger partial charge in [-0.1, -0.05) is 12.1 Å². The van der Waals surface area contributed by atoms with Crippen LogP contribution in [0.1, 0.15) is 12.5 Å². The largest absolute Gasteiger partial charge is 0.460 e. The first-order chi connectivity index (χ1) is 6.59. The predicted molar refractivity (Wildman–Crippen MR) is 49.8 cm³/mol. The van der Waals surface area contributed by atoms with Crippen LogP contribution in [0.2, 0.25) is 0 Å². The van der Waals surface area contributed by atoms with Crippen LogP contribution in [0.3, 0.4) is 0 Å². The summed E-state index contributed by atoms with van der Waals surface area (Å²) in [6.45, 7) is 1.67. The Morgan fingerprint density at radius 2 is 2.07 bits per heavy atom. The SMILES string of the molecule is C[C@@H](N)C(=O)OCc1ccc(F)cc1. The van der Waals surface area contributed by atoms with E-state index in [2.05, 4.69) is 0 Å². The fourth-order valence-corrected chi connectivity index (χ4v) is 0.867. The summed E-state index contributed by atoms with van der Waals surface area (Å²) >= 11 is 0. The van der Waals surface area contributed by atoms with Gasteiger partial charge in [-0.25, -0.2) is 4.39 Å². The third-order valence-corrected chi connectivity index (χ3v) is 1.67. The molecule has 1 rings (SSSR count). The lowest BCUT2D eigenvalue weighted by molar-refractivity contribution is -0.146. The minimum absolute atomic E-state index is 0.126. The van der Waals surface area contributed by atoms with Crippen LogP contribution in [0.4, 0.5) is 4.39 Å². The van der Waals surface area contributed by atoms with Crippen LogP contribution < -0.4 is 5.73 Å². The van der Waals surface area contributed by atoms with E-state index in [9.17, 15) is 9.18 Å². The summed E-state index contributed by atoms with van der Waals surface area (Å²) in [6, 6.07) is 5.12. The zero-order valence-electron chi connectivity index (χ0n) is 7.87. The maximum absolute atomic E-state index is 12.5. The van der Waals surface area contributed by atoms with E-state index < -0.39 is 12.0 Å². The Balaban J connectivity index is 2.46. The number of ether oxygens (including phenoxy) is 1. The number of esters is 1. The highest BCUT2D eigenvalue weighted by molar-refractivity contribution is 5.74. The van der Waals surface area contributed by atoms with Gasteiger partial charge in [-0.05, 0) is 24.6 Å². The van der Waals surface area contributed by atoms with E-state index in [1.807, 2.05) is 0 Å². The molecule has 1 atom stereocenters. The smallest absolute Gasteiger partial charge is 0.322 e. The third kappa shape index (κ3) is 3.14. The molecule has 0 spiro atoms. The van der Waals surface area contributed by atoms with E-state index in [0.717, 1.165) is 5.56 Å². The van der Waals surface area contributed by atoms with Crippen molar-refractivity contribution in [3.63, 3.8) is 0 Å². The van der Waals surface area contributed by atoms with Gasteiger partial charge in [-0.2, -0.15) is 0 Å². The zero-order chi connectivity index (χ0) is 10.6. The maximum Gasteiger partial charge on any atom is 0.322 e. The van der Waals surface area contributed by atoms with Gasteiger partial charge in [-0.3, -0.25) is 4.79 Å². The molecule has 0 saturated heterocycles. The van der Waals surface area contributed by atoms with Gasteiger partial charge in [0.15, 0.2) is 0 Å². The van der Waals surface area contributed by atoms with Gasteiger partial charge in [0.05, 0.1) is 0 Å². The second kappa shape index (κ2) is 4.72. The highest BCUT2D eigenvalue weighted by Gasteiger charge is 2.08. The third-order valence-electron chi connectivity index (χ3n) is 1.67. The molecule has 0 radical (unpaired) electrons. The standard InChI is InChI=1S/C10H12FNO2/c1-7(12)10(13)14-6-8-2-4-9(11)5-3-8/h2-5,7H,6,12H2,1H3/t7-/m1/s1. The minimum Gasteiger partial charge on any atom is -0.460 e. The molecule has 76 valence electrons. The average Bonchev–Trinajstić information content (AvgIpc) is 2.16. The zero-order valence-corrected chi connectivity index (χ0v) is 7.87. The summed E-state index contributed by atoms with van der Waals surface area (Å²) in [4.78, 5) is 11.0. The van der Waals surface area contributed by atoms with Crippen LogP contribution >= 0.6 is 0 Å². The molecule has 0 amide bonds. The van der Waals surface area contributed by atoms with E-state index in [-0.39, 0.29) is 12.4 Å². The van der Waals surface area contributed by atoms with Gasteiger partial charge in [0.1, 0.15) is 18.5 Å². The first-order valence-electron chi connectivity index (χ1n) is 4.26. The molecule has 0 bridgehead atoms. The normalized spacial score (nSPS) is 12.2. The van der Waals surface area contributed by atoms with Gasteiger partial charge in [-0.15, -0.1) is 0 Å². The molecule has 0 aliphatic carbocycles. The van der Waals surface area contributed by atoms with E-state index in [0.29, 0.717) is 0 Å². The molecule has 0 fully saturated rings. The number of hydrogen-bond donors (Lipinski definition) is 1. The lowest BCUT2D eigenvalue weighted by Crippen LogP contribution is -2.28. The Labute approximate surface area is 81.7 Å². The monoisotopic (exact) mass is 197 g/mol. The Morgan fingerprint density at radius 3 is 2.57 bits per heavy atom. The number of rotatable bonds is 3. The lowest BCUT2D eigenvalue weighted by atomic mass is 10.2. The number of carbonyl (C=O) groups excluding carboxylic acids is 1. The molecular formula is C10H12FNO2. The van der Waals surface area contributed by atoms with Gasteiger partial charge in [0.25, 0.3) is 0 Å². The fourth-order valence-electron chi connectivity index (χ4n) is 0.867. The van der Waals surface area contributed by atoms with Gasteiger partial charge in [0, 0.05) is 0 Å². The van der Waals surface area contributed by atoms with Crippen molar-refractivity contribution in [2.45, 2.75) is 19.6 Å². The van der Waals surface area contributed by atoms with Crippen LogP contribution in [0.5, 0.6) is 0 Å². The average molecular weight is 197 g/mol. The molecule has 3 nitrogen and oxygen atoms in total.